The van der Waals surface area contributed by atoms with Gasteiger partial charge in [0.2, 0.25) is 0 Å². The molecule has 1 aliphatic rings. The van der Waals surface area contributed by atoms with Gasteiger partial charge in [-0.25, -0.2) is 4.39 Å². The van der Waals surface area contributed by atoms with E-state index >= 15 is 0 Å². The van der Waals surface area contributed by atoms with Crippen molar-refractivity contribution in [1.29, 1.82) is 0 Å². The predicted molar refractivity (Wildman–Crippen MR) is 81.8 cm³/mol. The molecule has 1 aliphatic carbocycles. The lowest BCUT2D eigenvalue weighted by Crippen LogP contribution is -2.15. The summed E-state index contributed by atoms with van der Waals surface area (Å²) in [5.41, 5.74) is 2.91. The van der Waals surface area contributed by atoms with Crippen LogP contribution in [0.15, 0.2) is 42.5 Å². The van der Waals surface area contributed by atoms with Crippen LogP contribution in [-0.4, -0.2) is 6.04 Å². The molecule has 1 saturated carbocycles. The molecule has 0 aliphatic heterocycles. The highest BCUT2D eigenvalue weighted by molar-refractivity contribution is 5.31. The van der Waals surface area contributed by atoms with Crippen molar-refractivity contribution in [2.24, 2.45) is 0 Å². The number of ether oxygens (including phenoxy) is 1. The number of halogens is 1. The number of hydrogen-bond donors (Lipinski definition) is 1. The number of aryl methyl sites for hydroxylation is 1. The Morgan fingerprint density at radius 3 is 2.71 bits per heavy atom. The average Bonchev–Trinajstić information content (AvgIpc) is 3.31. The molecule has 21 heavy (non-hydrogen) atoms. The van der Waals surface area contributed by atoms with Crippen molar-refractivity contribution in [1.82, 2.24) is 5.32 Å². The second-order valence-electron chi connectivity index (χ2n) is 5.65. The Hall–Kier alpha value is -1.87. The molecule has 2 aromatic rings. The normalized spacial score (nSPS) is 14.2. The van der Waals surface area contributed by atoms with Crippen molar-refractivity contribution in [3.63, 3.8) is 0 Å². The molecule has 1 N–H and O–H groups in total. The van der Waals surface area contributed by atoms with Crippen LogP contribution in [0.3, 0.4) is 0 Å². The summed E-state index contributed by atoms with van der Waals surface area (Å²) < 4.78 is 19.5. The average molecular weight is 285 g/mol. The summed E-state index contributed by atoms with van der Waals surface area (Å²) in [4.78, 5) is 0. The first-order valence-corrected chi connectivity index (χ1v) is 7.41. The smallest absolute Gasteiger partial charge is 0.167 e. The maximum atomic E-state index is 13.9. The van der Waals surface area contributed by atoms with E-state index in [-0.39, 0.29) is 5.82 Å². The second-order valence-corrected chi connectivity index (χ2v) is 5.65. The zero-order chi connectivity index (χ0) is 14.7. The highest BCUT2D eigenvalue weighted by Crippen LogP contribution is 2.21. The van der Waals surface area contributed by atoms with Crippen molar-refractivity contribution in [2.75, 3.05) is 0 Å². The monoisotopic (exact) mass is 285 g/mol. The first-order valence-electron chi connectivity index (χ1n) is 7.41. The van der Waals surface area contributed by atoms with E-state index in [1.54, 1.807) is 19.1 Å². The fourth-order valence-corrected chi connectivity index (χ4v) is 2.27. The Kier molecular flexibility index (Phi) is 4.20. The molecule has 3 rings (SSSR count). The lowest BCUT2D eigenvalue weighted by Gasteiger charge is -2.10. The van der Waals surface area contributed by atoms with Gasteiger partial charge < -0.3 is 10.1 Å². The van der Waals surface area contributed by atoms with Gasteiger partial charge in [0.1, 0.15) is 6.61 Å². The molecule has 0 radical (unpaired) electrons. The van der Waals surface area contributed by atoms with E-state index in [1.807, 2.05) is 18.2 Å². The van der Waals surface area contributed by atoms with Crippen LogP contribution in [0.4, 0.5) is 4.39 Å². The summed E-state index contributed by atoms with van der Waals surface area (Å²) >= 11 is 0. The summed E-state index contributed by atoms with van der Waals surface area (Å²) in [6.45, 7) is 3.02. The van der Waals surface area contributed by atoms with Gasteiger partial charge >= 0.3 is 0 Å². The van der Waals surface area contributed by atoms with Gasteiger partial charge in [-0.15, -0.1) is 0 Å². The van der Waals surface area contributed by atoms with Crippen LogP contribution in [0.5, 0.6) is 5.75 Å². The van der Waals surface area contributed by atoms with Gasteiger partial charge in [0, 0.05) is 12.6 Å². The minimum Gasteiger partial charge on any atom is -0.486 e. The molecule has 2 aromatic carbocycles. The highest BCUT2D eigenvalue weighted by Gasteiger charge is 2.19. The van der Waals surface area contributed by atoms with E-state index in [0.29, 0.717) is 24.0 Å². The molecule has 0 spiro atoms. The van der Waals surface area contributed by atoms with Crippen molar-refractivity contribution in [3.8, 4) is 5.75 Å². The van der Waals surface area contributed by atoms with Crippen LogP contribution < -0.4 is 10.1 Å². The van der Waals surface area contributed by atoms with Gasteiger partial charge in [0.25, 0.3) is 0 Å². The molecule has 1 fully saturated rings. The molecule has 0 atom stereocenters. The van der Waals surface area contributed by atoms with E-state index in [2.05, 4.69) is 17.4 Å². The Balaban J connectivity index is 1.61. The maximum Gasteiger partial charge on any atom is 0.167 e. The lowest BCUT2D eigenvalue weighted by atomic mass is 10.1. The van der Waals surface area contributed by atoms with Gasteiger partial charge in [0.15, 0.2) is 11.6 Å². The minimum absolute atomic E-state index is 0.274. The summed E-state index contributed by atoms with van der Waals surface area (Å²) in [5.74, 6) is 0.0422. The van der Waals surface area contributed by atoms with E-state index in [0.717, 1.165) is 12.1 Å². The molecule has 110 valence electrons. The zero-order valence-electron chi connectivity index (χ0n) is 12.2. The molecule has 3 heteroatoms. The molecule has 0 amide bonds. The van der Waals surface area contributed by atoms with Gasteiger partial charge in [-0.1, -0.05) is 36.4 Å². The molecular weight excluding hydrogens is 265 g/mol. The molecule has 2 nitrogen and oxygen atoms in total. The summed E-state index contributed by atoms with van der Waals surface area (Å²) in [6, 6.07) is 14.2. The Morgan fingerprint density at radius 1 is 1.14 bits per heavy atom. The van der Waals surface area contributed by atoms with Crippen molar-refractivity contribution >= 4 is 0 Å². The van der Waals surface area contributed by atoms with Crippen molar-refractivity contribution in [2.45, 2.75) is 39.0 Å². The predicted octanol–water partition coefficient (Wildman–Crippen LogP) is 3.97. The number of hydrogen-bond acceptors (Lipinski definition) is 2. The third-order valence-corrected chi connectivity index (χ3v) is 3.71. The van der Waals surface area contributed by atoms with E-state index in [1.165, 1.54) is 18.4 Å². The molecule has 0 aromatic heterocycles. The van der Waals surface area contributed by atoms with Crippen LogP contribution in [0.25, 0.3) is 0 Å². The SMILES string of the molecule is Cc1cccc(OCc2cccc(CNC3CC3)c2)c1F. The molecule has 0 unspecified atom stereocenters. The van der Waals surface area contributed by atoms with E-state index < -0.39 is 0 Å². The summed E-state index contributed by atoms with van der Waals surface area (Å²) in [7, 11) is 0. The summed E-state index contributed by atoms with van der Waals surface area (Å²) in [5, 5.41) is 3.49. The fraction of sp³-hybridized carbons (Fsp3) is 0.333. The van der Waals surface area contributed by atoms with Gasteiger partial charge in [-0.2, -0.15) is 0 Å². The Labute approximate surface area is 125 Å². The second kappa shape index (κ2) is 6.27. The number of benzene rings is 2. The maximum absolute atomic E-state index is 13.9. The summed E-state index contributed by atoms with van der Waals surface area (Å²) in [6.07, 6.45) is 2.57. The molecule has 0 saturated heterocycles. The number of rotatable bonds is 6. The molecule has 0 bridgehead atoms. The molecule has 0 heterocycles. The first kappa shape index (κ1) is 14.1. The quantitative estimate of drug-likeness (QED) is 0.867. The third kappa shape index (κ3) is 3.82. The largest absolute Gasteiger partial charge is 0.486 e. The zero-order valence-corrected chi connectivity index (χ0v) is 12.2. The topological polar surface area (TPSA) is 21.3 Å². The standard InChI is InChI=1S/C18H20FNO/c1-13-4-2-7-17(18(13)19)21-12-15-6-3-5-14(10-15)11-20-16-8-9-16/h2-7,10,16,20H,8-9,11-12H2,1H3. The van der Waals surface area contributed by atoms with Crippen LogP contribution >= 0.6 is 0 Å². The van der Waals surface area contributed by atoms with E-state index in [9.17, 15) is 4.39 Å². The van der Waals surface area contributed by atoms with Crippen molar-refractivity contribution < 1.29 is 9.13 Å². The lowest BCUT2D eigenvalue weighted by molar-refractivity contribution is 0.289. The molecular formula is C18H20FNO. The third-order valence-electron chi connectivity index (χ3n) is 3.71. The number of nitrogens with one attached hydrogen (secondary N) is 1. The van der Waals surface area contributed by atoms with E-state index in [4.69, 9.17) is 4.74 Å². The van der Waals surface area contributed by atoms with Crippen LogP contribution in [0, 0.1) is 12.7 Å². The van der Waals surface area contributed by atoms with Gasteiger partial charge in [-0.05, 0) is 42.5 Å². The Morgan fingerprint density at radius 2 is 1.90 bits per heavy atom. The van der Waals surface area contributed by atoms with Crippen molar-refractivity contribution in [3.05, 3.63) is 65.0 Å². The minimum atomic E-state index is -0.274. The fourth-order valence-electron chi connectivity index (χ4n) is 2.27. The van der Waals surface area contributed by atoms with Crippen LogP contribution in [0.2, 0.25) is 0 Å². The van der Waals surface area contributed by atoms with Gasteiger partial charge in [-0.3, -0.25) is 0 Å². The van der Waals surface area contributed by atoms with Gasteiger partial charge in [0.05, 0.1) is 0 Å². The first-order chi connectivity index (χ1) is 10.2. The highest BCUT2D eigenvalue weighted by atomic mass is 19.1. The van der Waals surface area contributed by atoms with Crippen LogP contribution in [-0.2, 0) is 13.2 Å². The van der Waals surface area contributed by atoms with Crippen LogP contribution in [0.1, 0.15) is 29.5 Å². The Bertz CT molecular complexity index is 622.